The third-order valence-electron chi connectivity index (χ3n) is 2.58. The van der Waals surface area contributed by atoms with E-state index in [0.29, 0.717) is 12.0 Å². The van der Waals surface area contributed by atoms with Gasteiger partial charge in [0.25, 0.3) is 0 Å². The lowest BCUT2D eigenvalue weighted by atomic mass is 9.86. The van der Waals surface area contributed by atoms with Gasteiger partial charge in [-0.25, -0.2) is 0 Å². The normalized spacial score (nSPS) is 11.2. The lowest BCUT2D eigenvalue weighted by molar-refractivity contribution is -0.125. The molecule has 0 aromatic heterocycles. The maximum Gasteiger partial charge on any atom is 0.160 e. The van der Waals surface area contributed by atoms with E-state index in [1.807, 2.05) is 39.0 Å². The molecule has 1 aromatic carbocycles. The Morgan fingerprint density at radius 2 is 1.69 bits per heavy atom. The lowest BCUT2D eigenvalue weighted by Crippen LogP contribution is -2.22. The second-order valence-corrected chi connectivity index (χ2v) is 5.06. The molecular formula is C14H18O2. The number of rotatable bonds is 3. The van der Waals surface area contributed by atoms with E-state index >= 15 is 0 Å². The van der Waals surface area contributed by atoms with Crippen LogP contribution in [0.1, 0.15) is 43.6 Å². The minimum absolute atomic E-state index is 0.0114. The molecule has 2 nitrogen and oxygen atoms in total. The molecule has 0 atom stereocenters. The second kappa shape index (κ2) is 4.60. The van der Waals surface area contributed by atoms with Crippen molar-refractivity contribution in [3.63, 3.8) is 0 Å². The Morgan fingerprint density at radius 3 is 2.19 bits per heavy atom. The smallest absolute Gasteiger partial charge is 0.160 e. The molecule has 0 saturated carbocycles. The first-order chi connectivity index (χ1) is 7.32. The van der Waals surface area contributed by atoms with Gasteiger partial charge in [-0.15, -0.1) is 0 Å². The molecule has 0 fully saturated rings. The summed E-state index contributed by atoms with van der Waals surface area (Å²) < 4.78 is 0. The molecule has 16 heavy (non-hydrogen) atoms. The SMILES string of the molecule is CC(=O)c1ccccc1CC(=O)C(C)(C)C. The minimum Gasteiger partial charge on any atom is -0.299 e. The quantitative estimate of drug-likeness (QED) is 0.731. The molecule has 0 N–H and O–H groups in total. The first kappa shape index (κ1) is 12.6. The van der Waals surface area contributed by atoms with Crippen molar-refractivity contribution in [2.24, 2.45) is 5.41 Å². The first-order valence-electron chi connectivity index (χ1n) is 5.44. The summed E-state index contributed by atoms with van der Waals surface area (Å²) in [7, 11) is 0. The predicted molar refractivity (Wildman–Crippen MR) is 64.6 cm³/mol. The van der Waals surface area contributed by atoms with Crippen molar-refractivity contribution >= 4 is 11.6 Å². The Bertz CT molecular complexity index is 411. The van der Waals surface area contributed by atoms with Gasteiger partial charge >= 0.3 is 0 Å². The molecule has 1 aromatic rings. The van der Waals surface area contributed by atoms with Crippen LogP contribution in [0.3, 0.4) is 0 Å². The molecule has 0 amide bonds. The van der Waals surface area contributed by atoms with Crippen LogP contribution in [0.25, 0.3) is 0 Å². The summed E-state index contributed by atoms with van der Waals surface area (Å²) >= 11 is 0. The monoisotopic (exact) mass is 218 g/mol. The standard InChI is InChI=1S/C14H18O2/c1-10(15)12-8-6-5-7-11(12)9-13(16)14(2,3)4/h5-8H,9H2,1-4H3. The number of benzene rings is 1. The summed E-state index contributed by atoms with van der Waals surface area (Å²) in [5.41, 5.74) is 1.12. The number of hydrogen-bond donors (Lipinski definition) is 0. The van der Waals surface area contributed by atoms with E-state index in [-0.39, 0.29) is 17.0 Å². The number of ketones is 2. The van der Waals surface area contributed by atoms with Gasteiger partial charge in [-0.1, -0.05) is 45.0 Å². The van der Waals surface area contributed by atoms with E-state index in [1.54, 1.807) is 6.07 Å². The van der Waals surface area contributed by atoms with Gasteiger partial charge in [-0.2, -0.15) is 0 Å². The van der Waals surface area contributed by atoms with Gasteiger partial charge in [0.2, 0.25) is 0 Å². The molecule has 86 valence electrons. The van der Waals surface area contributed by atoms with Crippen LogP contribution in [0, 0.1) is 5.41 Å². The Morgan fingerprint density at radius 1 is 1.12 bits per heavy atom. The zero-order valence-corrected chi connectivity index (χ0v) is 10.3. The maximum absolute atomic E-state index is 11.9. The van der Waals surface area contributed by atoms with E-state index in [4.69, 9.17) is 0 Å². The molecule has 0 heterocycles. The first-order valence-corrected chi connectivity index (χ1v) is 5.44. The fourth-order valence-electron chi connectivity index (χ4n) is 1.46. The van der Waals surface area contributed by atoms with Gasteiger partial charge in [0.15, 0.2) is 5.78 Å². The third-order valence-corrected chi connectivity index (χ3v) is 2.58. The average molecular weight is 218 g/mol. The van der Waals surface area contributed by atoms with Gasteiger partial charge in [0.05, 0.1) is 0 Å². The number of carbonyl (C=O) groups excluding carboxylic acids is 2. The topological polar surface area (TPSA) is 34.1 Å². The highest BCUT2D eigenvalue weighted by Crippen LogP contribution is 2.19. The molecule has 0 radical (unpaired) electrons. The predicted octanol–water partition coefficient (Wildman–Crippen LogP) is 3.05. The zero-order chi connectivity index (χ0) is 12.3. The van der Waals surface area contributed by atoms with Crippen molar-refractivity contribution in [1.29, 1.82) is 0 Å². The van der Waals surface area contributed by atoms with Gasteiger partial charge in [-0.05, 0) is 12.5 Å². The Balaban J connectivity index is 2.98. The number of Topliss-reactive ketones (excluding diaryl/α,β-unsaturated/α-hetero) is 2. The van der Waals surface area contributed by atoms with Crippen molar-refractivity contribution in [1.82, 2.24) is 0 Å². The van der Waals surface area contributed by atoms with Gasteiger partial charge in [0, 0.05) is 17.4 Å². The molecule has 0 aliphatic carbocycles. The van der Waals surface area contributed by atoms with Crippen molar-refractivity contribution < 1.29 is 9.59 Å². The fraction of sp³-hybridized carbons (Fsp3) is 0.429. The fourth-order valence-corrected chi connectivity index (χ4v) is 1.46. The van der Waals surface area contributed by atoms with E-state index in [1.165, 1.54) is 6.92 Å². The Hall–Kier alpha value is -1.44. The van der Waals surface area contributed by atoms with Gasteiger partial charge in [-0.3, -0.25) is 9.59 Å². The van der Waals surface area contributed by atoms with E-state index in [2.05, 4.69) is 0 Å². The van der Waals surface area contributed by atoms with Crippen LogP contribution in [0.5, 0.6) is 0 Å². The molecule has 0 spiro atoms. The van der Waals surface area contributed by atoms with E-state index in [0.717, 1.165) is 5.56 Å². The number of carbonyl (C=O) groups is 2. The van der Waals surface area contributed by atoms with Crippen LogP contribution < -0.4 is 0 Å². The van der Waals surface area contributed by atoms with Crippen molar-refractivity contribution in [3.05, 3.63) is 35.4 Å². The average Bonchev–Trinajstić information content (AvgIpc) is 2.16. The summed E-state index contributed by atoms with van der Waals surface area (Å²) in [6.07, 6.45) is 0.333. The van der Waals surface area contributed by atoms with E-state index in [9.17, 15) is 9.59 Å². The zero-order valence-electron chi connectivity index (χ0n) is 10.3. The van der Waals surface area contributed by atoms with E-state index < -0.39 is 0 Å². The van der Waals surface area contributed by atoms with Crippen molar-refractivity contribution in [2.45, 2.75) is 34.1 Å². The maximum atomic E-state index is 11.9. The van der Waals surface area contributed by atoms with Crippen LogP contribution in [0.4, 0.5) is 0 Å². The highest BCUT2D eigenvalue weighted by molar-refractivity contribution is 5.97. The van der Waals surface area contributed by atoms with Crippen LogP contribution in [-0.2, 0) is 11.2 Å². The Kier molecular flexibility index (Phi) is 3.63. The van der Waals surface area contributed by atoms with Crippen LogP contribution >= 0.6 is 0 Å². The highest BCUT2D eigenvalue weighted by atomic mass is 16.1. The van der Waals surface area contributed by atoms with Crippen LogP contribution in [-0.4, -0.2) is 11.6 Å². The van der Waals surface area contributed by atoms with Crippen LogP contribution in [0.15, 0.2) is 24.3 Å². The summed E-state index contributed by atoms with van der Waals surface area (Å²) in [5.74, 6) is 0.165. The van der Waals surface area contributed by atoms with Crippen LogP contribution in [0.2, 0.25) is 0 Å². The highest BCUT2D eigenvalue weighted by Gasteiger charge is 2.22. The summed E-state index contributed by atoms with van der Waals surface area (Å²) in [4.78, 5) is 23.3. The largest absolute Gasteiger partial charge is 0.299 e. The number of hydrogen-bond acceptors (Lipinski definition) is 2. The lowest BCUT2D eigenvalue weighted by Gasteiger charge is -2.17. The molecule has 0 unspecified atom stereocenters. The molecule has 1 rings (SSSR count). The Labute approximate surface area is 96.7 Å². The summed E-state index contributed by atoms with van der Waals surface area (Å²) in [6, 6.07) is 7.30. The van der Waals surface area contributed by atoms with Gasteiger partial charge < -0.3 is 0 Å². The molecule has 2 heteroatoms. The minimum atomic E-state index is -0.357. The van der Waals surface area contributed by atoms with Gasteiger partial charge in [0.1, 0.15) is 5.78 Å². The molecule has 0 bridgehead atoms. The summed E-state index contributed by atoms with van der Waals surface area (Å²) in [5, 5.41) is 0. The molecule has 0 saturated heterocycles. The third kappa shape index (κ3) is 3.02. The molecule has 0 aliphatic rings. The van der Waals surface area contributed by atoms with Crippen molar-refractivity contribution in [3.8, 4) is 0 Å². The summed E-state index contributed by atoms with van der Waals surface area (Å²) in [6.45, 7) is 7.21. The molecular weight excluding hydrogens is 200 g/mol. The van der Waals surface area contributed by atoms with Crippen molar-refractivity contribution in [2.75, 3.05) is 0 Å². The molecule has 0 aliphatic heterocycles. The second-order valence-electron chi connectivity index (χ2n) is 5.06.